The molecule has 14 heavy (non-hydrogen) atoms. The van der Waals surface area contributed by atoms with Crippen molar-refractivity contribution in [3.05, 3.63) is 0 Å². The molecule has 2 fully saturated rings. The molecule has 1 amide bonds. The number of likely N-dealkylation sites (tertiary alicyclic amines) is 1. The van der Waals surface area contributed by atoms with Gasteiger partial charge in [-0.25, -0.2) is 0 Å². The van der Waals surface area contributed by atoms with Gasteiger partial charge < -0.3 is 20.1 Å². The molecule has 0 aliphatic carbocycles. The van der Waals surface area contributed by atoms with Gasteiger partial charge in [-0.05, 0) is 0 Å². The van der Waals surface area contributed by atoms with Crippen LogP contribution in [0.3, 0.4) is 0 Å². The topological polar surface area (TPSA) is 61.8 Å². The van der Waals surface area contributed by atoms with E-state index in [4.69, 9.17) is 4.74 Å². The maximum Gasteiger partial charge on any atom is 0.228 e. The van der Waals surface area contributed by atoms with Crippen LogP contribution in [0.15, 0.2) is 0 Å². The molecular formula is C9H16N2O3. The third-order valence-corrected chi connectivity index (χ3v) is 2.98. The number of aliphatic hydroxyl groups is 1. The molecule has 2 rings (SSSR count). The van der Waals surface area contributed by atoms with Crippen molar-refractivity contribution in [1.29, 1.82) is 0 Å². The number of carbonyl (C=O) groups excluding carboxylic acids is 1. The molecule has 2 saturated heterocycles. The SMILES string of the molecule is CO[C@H]1CN(C(=O)C2CNC2)C[C@@H]1O. The second-order valence-corrected chi connectivity index (χ2v) is 3.94. The Hall–Kier alpha value is -0.650. The lowest BCUT2D eigenvalue weighted by Gasteiger charge is -2.30. The Kier molecular flexibility index (Phi) is 2.71. The van der Waals surface area contributed by atoms with Gasteiger partial charge in [-0.3, -0.25) is 4.79 Å². The Morgan fingerprint density at radius 2 is 2.21 bits per heavy atom. The molecule has 0 unspecified atom stereocenters. The van der Waals surface area contributed by atoms with E-state index in [1.165, 1.54) is 0 Å². The lowest BCUT2D eigenvalue weighted by atomic mass is 10.0. The maximum absolute atomic E-state index is 11.8. The van der Waals surface area contributed by atoms with E-state index in [0.29, 0.717) is 13.1 Å². The fraction of sp³-hybridized carbons (Fsp3) is 0.889. The average molecular weight is 200 g/mol. The molecule has 5 nitrogen and oxygen atoms in total. The largest absolute Gasteiger partial charge is 0.388 e. The van der Waals surface area contributed by atoms with Gasteiger partial charge in [0.05, 0.1) is 12.0 Å². The van der Waals surface area contributed by atoms with Gasteiger partial charge in [-0.15, -0.1) is 0 Å². The molecule has 2 aliphatic heterocycles. The number of ether oxygens (including phenoxy) is 1. The number of hydrogen-bond donors (Lipinski definition) is 2. The van der Waals surface area contributed by atoms with Crippen molar-refractivity contribution in [2.24, 2.45) is 5.92 Å². The molecule has 0 aromatic rings. The molecule has 2 aliphatic rings. The summed E-state index contributed by atoms with van der Waals surface area (Å²) in [5.74, 6) is 0.250. The summed E-state index contributed by atoms with van der Waals surface area (Å²) < 4.78 is 5.08. The highest BCUT2D eigenvalue weighted by Gasteiger charge is 2.38. The second-order valence-electron chi connectivity index (χ2n) is 3.94. The summed E-state index contributed by atoms with van der Waals surface area (Å²) in [6, 6.07) is 0. The Labute approximate surface area is 83.0 Å². The highest BCUT2D eigenvalue weighted by Crippen LogP contribution is 2.17. The molecule has 0 spiro atoms. The predicted octanol–water partition coefficient (Wildman–Crippen LogP) is -1.58. The minimum atomic E-state index is -0.531. The highest BCUT2D eigenvalue weighted by molar-refractivity contribution is 5.80. The molecule has 5 heteroatoms. The van der Waals surface area contributed by atoms with Crippen LogP contribution in [0, 0.1) is 5.92 Å². The number of carbonyl (C=O) groups is 1. The van der Waals surface area contributed by atoms with Crippen molar-refractivity contribution in [1.82, 2.24) is 10.2 Å². The number of methoxy groups -OCH3 is 1. The number of amides is 1. The molecule has 0 saturated carbocycles. The first-order valence-electron chi connectivity index (χ1n) is 4.92. The Morgan fingerprint density at radius 3 is 2.64 bits per heavy atom. The van der Waals surface area contributed by atoms with Gasteiger partial charge in [-0.1, -0.05) is 0 Å². The number of nitrogens with one attached hydrogen (secondary N) is 1. The van der Waals surface area contributed by atoms with Crippen LogP contribution < -0.4 is 5.32 Å². The fourth-order valence-electron chi connectivity index (χ4n) is 1.89. The van der Waals surface area contributed by atoms with Crippen molar-refractivity contribution in [3.8, 4) is 0 Å². The number of rotatable bonds is 2. The van der Waals surface area contributed by atoms with Crippen molar-refractivity contribution in [2.45, 2.75) is 12.2 Å². The van der Waals surface area contributed by atoms with E-state index in [0.717, 1.165) is 13.1 Å². The number of nitrogens with zero attached hydrogens (tertiary/aromatic N) is 1. The van der Waals surface area contributed by atoms with Crippen molar-refractivity contribution < 1.29 is 14.6 Å². The van der Waals surface area contributed by atoms with Crippen LogP contribution in [-0.4, -0.2) is 61.4 Å². The molecule has 2 atom stereocenters. The fourth-order valence-corrected chi connectivity index (χ4v) is 1.89. The van der Waals surface area contributed by atoms with Crippen LogP contribution in [0.25, 0.3) is 0 Å². The molecule has 2 N–H and O–H groups in total. The summed E-state index contributed by atoms with van der Waals surface area (Å²) in [7, 11) is 1.56. The summed E-state index contributed by atoms with van der Waals surface area (Å²) in [5.41, 5.74) is 0. The minimum absolute atomic E-state index is 0.109. The van der Waals surface area contributed by atoms with Crippen molar-refractivity contribution >= 4 is 5.91 Å². The number of aliphatic hydroxyl groups excluding tert-OH is 1. The van der Waals surface area contributed by atoms with Crippen LogP contribution in [0.2, 0.25) is 0 Å². The normalized spacial score (nSPS) is 33.1. The number of β-amino-alcohol motifs (C(OH)–C–C–N with tert-alkyl or cyclic N) is 1. The van der Waals surface area contributed by atoms with Gasteiger partial charge >= 0.3 is 0 Å². The van der Waals surface area contributed by atoms with E-state index in [2.05, 4.69) is 5.32 Å². The van der Waals surface area contributed by atoms with Crippen LogP contribution in [0.5, 0.6) is 0 Å². The first-order chi connectivity index (χ1) is 6.72. The summed E-state index contributed by atoms with van der Waals surface area (Å²) >= 11 is 0. The third-order valence-electron chi connectivity index (χ3n) is 2.98. The summed E-state index contributed by atoms with van der Waals surface area (Å²) in [4.78, 5) is 13.5. The zero-order valence-electron chi connectivity index (χ0n) is 8.27. The average Bonchev–Trinajstić information content (AvgIpc) is 2.43. The standard InChI is InChI=1S/C9H16N2O3/c1-14-8-5-11(4-7(8)12)9(13)6-2-10-3-6/h6-8,10,12H,2-5H2,1H3/t7-,8-/m0/s1. The third kappa shape index (κ3) is 1.63. The van der Waals surface area contributed by atoms with Gasteiger partial charge in [0.1, 0.15) is 6.10 Å². The van der Waals surface area contributed by atoms with Gasteiger partial charge in [0.25, 0.3) is 0 Å². The van der Waals surface area contributed by atoms with Crippen molar-refractivity contribution in [2.75, 3.05) is 33.3 Å². The van der Waals surface area contributed by atoms with Crippen LogP contribution in [0.1, 0.15) is 0 Å². The zero-order chi connectivity index (χ0) is 10.1. The lowest BCUT2D eigenvalue weighted by Crippen LogP contribution is -2.51. The molecule has 2 heterocycles. The summed E-state index contributed by atoms with van der Waals surface area (Å²) in [5, 5.41) is 12.6. The number of hydrogen-bond acceptors (Lipinski definition) is 4. The van der Waals surface area contributed by atoms with E-state index in [1.54, 1.807) is 12.0 Å². The van der Waals surface area contributed by atoms with Gasteiger partial charge in [0.2, 0.25) is 5.91 Å². The smallest absolute Gasteiger partial charge is 0.228 e. The van der Waals surface area contributed by atoms with E-state index in [1.807, 2.05) is 0 Å². The Balaban J connectivity index is 1.90. The van der Waals surface area contributed by atoms with Crippen molar-refractivity contribution in [3.63, 3.8) is 0 Å². The van der Waals surface area contributed by atoms with Gasteiger partial charge in [0, 0.05) is 33.3 Å². The molecule has 0 bridgehead atoms. The van der Waals surface area contributed by atoms with Crippen LogP contribution in [-0.2, 0) is 9.53 Å². The quantitative estimate of drug-likeness (QED) is 0.565. The monoisotopic (exact) mass is 200 g/mol. The minimum Gasteiger partial charge on any atom is -0.388 e. The van der Waals surface area contributed by atoms with Crippen LogP contribution in [0.4, 0.5) is 0 Å². The summed E-state index contributed by atoms with van der Waals surface area (Å²) in [6.45, 7) is 2.47. The van der Waals surface area contributed by atoms with Gasteiger partial charge in [0.15, 0.2) is 0 Å². The van der Waals surface area contributed by atoms with E-state index in [9.17, 15) is 9.90 Å². The van der Waals surface area contributed by atoms with Gasteiger partial charge in [-0.2, -0.15) is 0 Å². The van der Waals surface area contributed by atoms with E-state index >= 15 is 0 Å². The molecule has 0 aromatic carbocycles. The highest BCUT2D eigenvalue weighted by atomic mass is 16.5. The van der Waals surface area contributed by atoms with E-state index < -0.39 is 6.10 Å². The molecular weight excluding hydrogens is 184 g/mol. The zero-order valence-corrected chi connectivity index (χ0v) is 8.27. The van der Waals surface area contributed by atoms with Crippen LogP contribution >= 0.6 is 0 Å². The first-order valence-corrected chi connectivity index (χ1v) is 4.92. The second kappa shape index (κ2) is 3.84. The molecule has 0 radical (unpaired) electrons. The Morgan fingerprint density at radius 1 is 1.50 bits per heavy atom. The summed E-state index contributed by atoms with van der Waals surface area (Å²) in [6.07, 6.45) is -0.746. The van der Waals surface area contributed by atoms with E-state index in [-0.39, 0.29) is 17.9 Å². The molecule has 80 valence electrons. The first kappa shape index (κ1) is 9.89. The molecule has 0 aromatic heterocycles. The lowest BCUT2D eigenvalue weighted by molar-refractivity contribution is -0.136. The Bertz CT molecular complexity index is 230. The predicted molar refractivity (Wildman–Crippen MR) is 49.7 cm³/mol. The maximum atomic E-state index is 11.8.